The number of aryl methyl sites for hydroxylation is 1. The fraction of sp³-hybridized carbons (Fsp3) is 0.706. The van der Waals surface area contributed by atoms with E-state index in [2.05, 4.69) is 14.9 Å². The molecule has 1 aromatic heterocycles. The first-order valence-electron chi connectivity index (χ1n) is 8.89. The molecule has 9 heteroatoms. The first-order valence-corrected chi connectivity index (χ1v) is 8.89. The van der Waals surface area contributed by atoms with Crippen molar-refractivity contribution in [3.05, 3.63) is 17.5 Å². The Balaban J connectivity index is 1.66. The van der Waals surface area contributed by atoms with E-state index in [1.54, 1.807) is 4.90 Å². The van der Waals surface area contributed by atoms with Gasteiger partial charge in [-0.15, -0.1) is 0 Å². The number of alkyl halides is 3. The minimum Gasteiger partial charge on any atom is -0.339 e. The third-order valence-corrected chi connectivity index (χ3v) is 5.01. The maximum atomic E-state index is 13.0. The molecule has 0 bridgehead atoms. The van der Waals surface area contributed by atoms with Crippen LogP contribution in [0.3, 0.4) is 0 Å². The summed E-state index contributed by atoms with van der Waals surface area (Å²) in [7, 11) is 0. The molecule has 1 amide bonds. The lowest BCUT2D eigenvalue weighted by atomic mass is 10.2. The molecule has 1 atom stereocenters. The number of rotatable bonds is 3. The Bertz CT molecular complexity index is 671. The van der Waals surface area contributed by atoms with Crippen molar-refractivity contribution in [1.82, 2.24) is 19.8 Å². The van der Waals surface area contributed by atoms with E-state index in [-0.39, 0.29) is 23.9 Å². The molecule has 1 aromatic rings. The number of piperazine rings is 1. The molecular formula is C17H24F3N5O. The number of hydrogen-bond acceptors (Lipinski definition) is 5. The Kier molecular flexibility index (Phi) is 5.09. The smallest absolute Gasteiger partial charge is 0.339 e. The van der Waals surface area contributed by atoms with Crippen molar-refractivity contribution in [2.45, 2.75) is 45.5 Å². The summed E-state index contributed by atoms with van der Waals surface area (Å²) in [6.45, 7) is 8.54. The number of anilines is 1. The van der Waals surface area contributed by atoms with Crippen LogP contribution in [-0.2, 0) is 11.0 Å². The van der Waals surface area contributed by atoms with Gasteiger partial charge in [-0.2, -0.15) is 13.2 Å². The Labute approximate surface area is 151 Å². The van der Waals surface area contributed by atoms with Crippen molar-refractivity contribution in [3.63, 3.8) is 0 Å². The lowest BCUT2D eigenvalue weighted by Gasteiger charge is -2.37. The van der Waals surface area contributed by atoms with Gasteiger partial charge < -0.3 is 9.80 Å². The Morgan fingerprint density at radius 2 is 1.77 bits per heavy atom. The molecule has 1 unspecified atom stereocenters. The SMILES string of the molecule is Cc1cc(C(F)(F)F)nc(N2CCN(C3CCN(C(C)C)C3=O)CC2)n1. The van der Waals surface area contributed by atoms with Crippen molar-refractivity contribution in [3.8, 4) is 0 Å². The second kappa shape index (κ2) is 7.02. The number of amides is 1. The molecule has 0 radical (unpaired) electrons. The topological polar surface area (TPSA) is 52.6 Å². The highest BCUT2D eigenvalue weighted by atomic mass is 19.4. The largest absolute Gasteiger partial charge is 0.433 e. The highest BCUT2D eigenvalue weighted by Gasteiger charge is 2.39. The van der Waals surface area contributed by atoms with Crippen molar-refractivity contribution in [2.24, 2.45) is 0 Å². The van der Waals surface area contributed by atoms with Gasteiger partial charge in [0.2, 0.25) is 11.9 Å². The zero-order chi connectivity index (χ0) is 19.1. The number of likely N-dealkylation sites (tertiary alicyclic amines) is 1. The predicted molar refractivity (Wildman–Crippen MR) is 90.8 cm³/mol. The van der Waals surface area contributed by atoms with E-state index in [9.17, 15) is 18.0 Å². The number of nitrogens with zero attached hydrogens (tertiary/aromatic N) is 5. The summed E-state index contributed by atoms with van der Waals surface area (Å²) < 4.78 is 38.9. The van der Waals surface area contributed by atoms with Gasteiger partial charge in [-0.05, 0) is 33.3 Å². The Morgan fingerprint density at radius 1 is 1.12 bits per heavy atom. The molecule has 144 valence electrons. The number of halogens is 3. The van der Waals surface area contributed by atoms with Gasteiger partial charge in [0.25, 0.3) is 0 Å². The number of carbonyl (C=O) groups is 1. The molecule has 2 fully saturated rings. The Hall–Kier alpha value is -1.90. The van der Waals surface area contributed by atoms with Crippen molar-refractivity contribution in [2.75, 3.05) is 37.6 Å². The van der Waals surface area contributed by atoms with Crippen LogP contribution in [0.2, 0.25) is 0 Å². The highest BCUT2D eigenvalue weighted by molar-refractivity contribution is 5.84. The standard InChI is InChI=1S/C17H24F3N5O/c1-11(2)25-5-4-13(15(25)26)23-6-8-24(9-7-23)16-21-12(3)10-14(22-16)17(18,19)20/h10-11,13H,4-9H2,1-3H3. The molecule has 0 N–H and O–H groups in total. The van der Waals surface area contributed by atoms with Crippen molar-refractivity contribution >= 4 is 11.9 Å². The monoisotopic (exact) mass is 371 g/mol. The van der Waals surface area contributed by atoms with E-state index >= 15 is 0 Å². The fourth-order valence-electron chi connectivity index (χ4n) is 3.61. The molecule has 3 rings (SSSR count). The quantitative estimate of drug-likeness (QED) is 0.813. The summed E-state index contributed by atoms with van der Waals surface area (Å²) in [5.41, 5.74) is -0.621. The fourth-order valence-corrected chi connectivity index (χ4v) is 3.61. The lowest BCUT2D eigenvalue weighted by molar-refractivity contribution is -0.141. The molecule has 26 heavy (non-hydrogen) atoms. The van der Waals surface area contributed by atoms with Gasteiger partial charge in [0, 0.05) is 44.5 Å². The first kappa shape index (κ1) is 18.9. The number of carbonyl (C=O) groups excluding carboxylic acids is 1. The zero-order valence-corrected chi connectivity index (χ0v) is 15.3. The minimum absolute atomic E-state index is 0.110. The van der Waals surface area contributed by atoms with Crippen LogP contribution in [0.1, 0.15) is 31.7 Å². The van der Waals surface area contributed by atoms with Crippen LogP contribution in [0.5, 0.6) is 0 Å². The normalized spacial score (nSPS) is 22.6. The van der Waals surface area contributed by atoms with Gasteiger partial charge in [0.1, 0.15) is 5.69 Å². The molecule has 0 aromatic carbocycles. The zero-order valence-electron chi connectivity index (χ0n) is 15.3. The van der Waals surface area contributed by atoms with Gasteiger partial charge >= 0.3 is 6.18 Å². The molecule has 2 saturated heterocycles. The van der Waals surface area contributed by atoms with Crippen molar-refractivity contribution in [1.29, 1.82) is 0 Å². The number of aromatic nitrogens is 2. The van der Waals surface area contributed by atoms with E-state index in [0.717, 1.165) is 19.0 Å². The van der Waals surface area contributed by atoms with E-state index in [0.29, 0.717) is 31.9 Å². The maximum Gasteiger partial charge on any atom is 0.433 e. The molecular weight excluding hydrogens is 347 g/mol. The van der Waals surface area contributed by atoms with Crippen LogP contribution in [0.15, 0.2) is 6.07 Å². The maximum absolute atomic E-state index is 13.0. The minimum atomic E-state index is -4.49. The molecule has 0 aliphatic carbocycles. The number of hydrogen-bond donors (Lipinski definition) is 0. The summed E-state index contributed by atoms with van der Waals surface area (Å²) in [5.74, 6) is 0.262. The molecule has 3 heterocycles. The van der Waals surface area contributed by atoms with Gasteiger partial charge in [0.15, 0.2) is 0 Å². The van der Waals surface area contributed by atoms with E-state index in [4.69, 9.17) is 0 Å². The second-order valence-electron chi connectivity index (χ2n) is 7.15. The first-order chi connectivity index (χ1) is 12.2. The van der Waals surface area contributed by atoms with Crippen LogP contribution >= 0.6 is 0 Å². The van der Waals surface area contributed by atoms with E-state index in [1.165, 1.54) is 6.92 Å². The van der Waals surface area contributed by atoms with E-state index in [1.807, 2.05) is 18.7 Å². The highest BCUT2D eigenvalue weighted by Crippen LogP contribution is 2.29. The van der Waals surface area contributed by atoms with Crippen LogP contribution in [0, 0.1) is 6.92 Å². The summed E-state index contributed by atoms with van der Waals surface area (Å²) in [4.78, 5) is 26.2. The molecule has 2 aliphatic heterocycles. The molecule has 0 saturated carbocycles. The third kappa shape index (κ3) is 3.77. The molecule has 0 spiro atoms. The van der Waals surface area contributed by atoms with Crippen LogP contribution in [0.25, 0.3) is 0 Å². The van der Waals surface area contributed by atoms with E-state index < -0.39 is 11.9 Å². The van der Waals surface area contributed by atoms with Crippen molar-refractivity contribution < 1.29 is 18.0 Å². The average molecular weight is 371 g/mol. The van der Waals surface area contributed by atoms with Gasteiger partial charge in [-0.25, -0.2) is 9.97 Å². The van der Waals surface area contributed by atoms with Crippen LogP contribution in [0.4, 0.5) is 19.1 Å². The van der Waals surface area contributed by atoms with Gasteiger partial charge in [0.05, 0.1) is 6.04 Å². The van der Waals surface area contributed by atoms with Crippen LogP contribution in [-0.4, -0.2) is 70.5 Å². The average Bonchev–Trinajstić information content (AvgIpc) is 2.95. The summed E-state index contributed by atoms with van der Waals surface area (Å²) >= 11 is 0. The second-order valence-corrected chi connectivity index (χ2v) is 7.15. The van der Waals surface area contributed by atoms with Gasteiger partial charge in [-0.3, -0.25) is 9.69 Å². The summed E-state index contributed by atoms with van der Waals surface area (Å²) in [5, 5.41) is 0. The predicted octanol–water partition coefficient (Wildman–Crippen LogP) is 1.94. The van der Waals surface area contributed by atoms with Crippen LogP contribution < -0.4 is 4.90 Å². The summed E-state index contributed by atoms with van der Waals surface area (Å²) in [6.07, 6.45) is -3.68. The molecule has 6 nitrogen and oxygen atoms in total. The third-order valence-electron chi connectivity index (χ3n) is 5.01. The van der Waals surface area contributed by atoms with Gasteiger partial charge in [-0.1, -0.05) is 0 Å². The Morgan fingerprint density at radius 3 is 2.31 bits per heavy atom. The summed E-state index contributed by atoms with van der Waals surface area (Å²) in [6, 6.07) is 1.02. The molecule has 2 aliphatic rings. The lowest BCUT2D eigenvalue weighted by Crippen LogP contribution is -2.53.